The molecule has 0 spiro atoms. The Bertz CT molecular complexity index is 1140. The van der Waals surface area contributed by atoms with Crippen molar-refractivity contribution >= 4 is 29.6 Å². The molecule has 2 N–H and O–H groups in total. The van der Waals surface area contributed by atoms with Crippen LogP contribution in [-0.2, 0) is 4.74 Å². The third kappa shape index (κ3) is 6.69. The molecule has 1 fully saturated rings. The van der Waals surface area contributed by atoms with E-state index in [1.165, 1.54) is 17.5 Å². The molecule has 3 aromatic heterocycles. The summed E-state index contributed by atoms with van der Waals surface area (Å²) in [7, 11) is 0. The molecule has 0 bridgehead atoms. The van der Waals surface area contributed by atoms with Crippen molar-refractivity contribution in [3.63, 3.8) is 0 Å². The number of nitrogens with zero attached hydrogens (tertiary/aromatic N) is 6. The van der Waals surface area contributed by atoms with E-state index < -0.39 is 5.60 Å². The zero-order valence-corrected chi connectivity index (χ0v) is 20.9. The quantitative estimate of drug-likeness (QED) is 0.453. The van der Waals surface area contributed by atoms with Crippen molar-refractivity contribution in [2.45, 2.75) is 47.1 Å². The smallest absolute Gasteiger partial charge is 0.410 e. The van der Waals surface area contributed by atoms with Gasteiger partial charge in [0.1, 0.15) is 11.2 Å². The second-order valence-electron chi connectivity index (χ2n) is 9.42. The summed E-state index contributed by atoms with van der Waals surface area (Å²) in [5, 5.41) is 0. The van der Waals surface area contributed by atoms with Gasteiger partial charge in [-0.2, -0.15) is 0 Å². The van der Waals surface area contributed by atoms with E-state index in [-0.39, 0.29) is 6.09 Å². The number of aliphatic imine (C=N–C) groups is 1. The van der Waals surface area contributed by atoms with E-state index >= 15 is 0 Å². The molecule has 1 amide bonds. The molecule has 9 heteroatoms. The lowest BCUT2D eigenvalue weighted by Gasteiger charge is -2.36. The monoisotopic (exact) mass is 465 g/mol. The van der Waals surface area contributed by atoms with Gasteiger partial charge in [-0.05, 0) is 64.8 Å². The third-order valence-electron chi connectivity index (χ3n) is 5.23. The first-order chi connectivity index (χ1) is 16.1. The largest absolute Gasteiger partial charge is 0.444 e. The molecule has 1 aliphatic heterocycles. The number of nitrogens with two attached hydrogens (primary N) is 1. The van der Waals surface area contributed by atoms with Crippen LogP contribution in [0.3, 0.4) is 0 Å². The number of aromatic nitrogens is 3. The number of carbonyl (C=O) groups excluding carboxylic acids is 1. The number of hydrogen-bond acceptors (Lipinski definition) is 6. The van der Waals surface area contributed by atoms with Gasteiger partial charge in [-0.25, -0.2) is 19.8 Å². The van der Waals surface area contributed by atoms with Gasteiger partial charge in [-0.3, -0.25) is 0 Å². The highest BCUT2D eigenvalue weighted by atomic mass is 16.6. The molecule has 0 unspecified atom stereocenters. The second kappa shape index (κ2) is 10.5. The molecule has 1 aliphatic rings. The summed E-state index contributed by atoms with van der Waals surface area (Å²) in [6.07, 6.45) is 6.89. The molecule has 0 aliphatic carbocycles. The fraction of sp³-hybridized carbons (Fsp3) is 0.440. The third-order valence-corrected chi connectivity index (χ3v) is 5.23. The van der Waals surface area contributed by atoms with Crippen LogP contribution < -0.4 is 10.6 Å². The van der Waals surface area contributed by atoms with Crippen LogP contribution in [0.25, 0.3) is 5.65 Å². The van der Waals surface area contributed by atoms with Gasteiger partial charge in [-0.15, -0.1) is 0 Å². The fourth-order valence-corrected chi connectivity index (χ4v) is 3.76. The summed E-state index contributed by atoms with van der Waals surface area (Å²) in [5.41, 5.74) is 10.4. The number of fused-ring (bicyclic) bond motifs is 1. The number of anilines is 1. The number of amides is 1. The average Bonchev–Trinajstić information content (AvgIpc) is 3.14. The lowest BCUT2D eigenvalue weighted by atomic mass is 10.2. The van der Waals surface area contributed by atoms with Crippen LogP contribution in [0.5, 0.6) is 0 Å². The van der Waals surface area contributed by atoms with Gasteiger partial charge in [0.05, 0.1) is 23.9 Å². The lowest BCUT2D eigenvalue weighted by Crippen LogP contribution is -2.50. The zero-order valence-electron chi connectivity index (χ0n) is 20.9. The number of hydrogen-bond donors (Lipinski definition) is 1. The minimum absolute atomic E-state index is 0.252. The first-order valence-electron chi connectivity index (χ1n) is 11.4. The molecule has 4 heterocycles. The molecule has 0 atom stereocenters. The van der Waals surface area contributed by atoms with E-state index in [0.717, 1.165) is 30.1 Å². The van der Waals surface area contributed by atoms with E-state index in [1.54, 1.807) is 11.1 Å². The normalized spacial score (nSPS) is 14.3. The van der Waals surface area contributed by atoms with Crippen LogP contribution in [0.15, 0.2) is 41.8 Å². The van der Waals surface area contributed by atoms with E-state index in [1.807, 2.05) is 39.8 Å². The Kier molecular flexibility index (Phi) is 7.75. The first-order valence-corrected chi connectivity index (χ1v) is 11.4. The number of aryl methyl sites for hydroxylation is 3. The van der Waals surface area contributed by atoms with Crippen molar-refractivity contribution in [1.82, 2.24) is 19.3 Å². The topological polar surface area (TPSA) is 101 Å². The molecule has 0 radical (unpaired) electrons. The number of carbonyl (C=O) groups is 1. The van der Waals surface area contributed by atoms with Gasteiger partial charge < -0.3 is 24.7 Å². The molecule has 9 nitrogen and oxygen atoms in total. The number of imidazole rings is 1. The molecule has 0 aromatic carbocycles. The minimum atomic E-state index is -0.461. The van der Waals surface area contributed by atoms with Crippen molar-refractivity contribution in [2.24, 2.45) is 10.7 Å². The molecule has 1 saturated heterocycles. The summed E-state index contributed by atoms with van der Waals surface area (Å²) < 4.78 is 7.47. The average molecular weight is 466 g/mol. The van der Waals surface area contributed by atoms with Gasteiger partial charge in [0.15, 0.2) is 5.82 Å². The Labute approximate surface area is 201 Å². The van der Waals surface area contributed by atoms with Crippen LogP contribution in [0.2, 0.25) is 0 Å². The van der Waals surface area contributed by atoms with Gasteiger partial charge >= 0.3 is 6.09 Å². The summed E-state index contributed by atoms with van der Waals surface area (Å²) in [5.74, 6) is 0.582. The van der Waals surface area contributed by atoms with Gasteiger partial charge in [0.25, 0.3) is 0 Å². The maximum Gasteiger partial charge on any atom is 0.410 e. The van der Waals surface area contributed by atoms with Gasteiger partial charge in [-0.1, -0.05) is 6.07 Å². The van der Waals surface area contributed by atoms with Crippen molar-refractivity contribution < 1.29 is 9.53 Å². The highest BCUT2D eigenvalue weighted by Crippen LogP contribution is 2.19. The first kappa shape index (κ1) is 25.0. The maximum atomic E-state index is 12.0. The Hall–Kier alpha value is -3.62. The van der Waals surface area contributed by atoms with E-state index in [2.05, 4.69) is 56.6 Å². The molecule has 182 valence electrons. The Balaban J connectivity index is 0.000000226. The highest BCUT2D eigenvalue weighted by molar-refractivity contribution is 5.68. The standard InChI is InChI=1S/C15H23N5O2.C10H12N2/c1-15(2,3)22-14(21)20-8-6-19(7-9-20)12-4-5-13(17-10-12)18-11-16;1-7-4-8(2)10-11-9(3)6-12(10)5-7/h4-5,10-11H,6-9H2,1-3H3,(H2,16,17,18);4-6H,1-3H3. The molecule has 3 aromatic rings. The zero-order chi connectivity index (χ0) is 24.9. The molecular weight excluding hydrogens is 430 g/mol. The highest BCUT2D eigenvalue weighted by Gasteiger charge is 2.26. The maximum absolute atomic E-state index is 12.0. The summed E-state index contributed by atoms with van der Waals surface area (Å²) in [4.78, 5) is 28.5. The molecule has 4 rings (SSSR count). The van der Waals surface area contributed by atoms with Crippen LogP contribution in [0, 0.1) is 20.8 Å². The van der Waals surface area contributed by atoms with E-state index in [4.69, 9.17) is 10.5 Å². The molecule has 0 saturated carbocycles. The summed E-state index contributed by atoms with van der Waals surface area (Å²) in [6.45, 7) is 14.6. The number of pyridine rings is 2. The van der Waals surface area contributed by atoms with Crippen molar-refractivity contribution in [3.05, 3.63) is 53.6 Å². The lowest BCUT2D eigenvalue weighted by molar-refractivity contribution is 0.0240. The van der Waals surface area contributed by atoms with Crippen LogP contribution in [0.4, 0.5) is 16.3 Å². The summed E-state index contributed by atoms with van der Waals surface area (Å²) in [6, 6.07) is 5.93. The van der Waals surface area contributed by atoms with Crippen molar-refractivity contribution in [3.8, 4) is 0 Å². The number of ether oxygens (including phenoxy) is 1. The number of rotatable bonds is 2. The van der Waals surface area contributed by atoms with Crippen LogP contribution >= 0.6 is 0 Å². The Morgan fingerprint density at radius 2 is 1.82 bits per heavy atom. The SMILES string of the molecule is CC(C)(C)OC(=O)N1CCN(c2ccc(N=CN)nc2)CC1.Cc1cc(C)c2nc(C)cn2c1. The van der Waals surface area contributed by atoms with Crippen LogP contribution in [0.1, 0.15) is 37.6 Å². The molecule has 34 heavy (non-hydrogen) atoms. The Morgan fingerprint density at radius 1 is 1.12 bits per heavy atom. The fourth-order valence-electron chi connectivity index (χ4n) is 3.76. The summed E-state index contributed by atoms with van der Waals surface area (Å²) >= 11 is 0. The van der Waals surface area contributed by atoms with Crippen molar-refractivity contribution in [1.29, 1.82) is 0 Å². The van der Waals surface area contributed by atoms with E-state index in [9.17, 15) is 4.79 Å². The molecular formula is C25H35N7O2. The number of piperazine rings is 1. The van der Waals surface area contributed by atoms with Gasteiger partial charge in [0.2, 0.25) is 0 Å². The van der Waals surface area contributed by atoms with E-state index in [0.29, 0.717) is 18.9 Å². The second-order valence-corrected chi connectivity index (χ2v) is 9.42. The predicted molar refractivity (Wildman–Crippen MR) is 136 cm³/mol. The minimum Gasteiger partial charge on any atom is -0.444 e. The van der Waals surface area contributed by atoms with Crippen molar-refractivity contribution in [2.75, 3.05) is 31.1 Å². The predicted octanol–water partition coefficient (Wildman–Crippen LogP) is 4.02. The van der Waals surface area contributed by atoms with Gasteiger partial charge in [0, 0.05) is 38.6 Å². The Morgan fingerprint density at radius 3 is 2.41 bits per heavy atom. The van der Waals surface area contributed by atoms with Crippen LogP contribution in [-0.4, -0.2) is 63.5 Å².